The predicted molar refractivity (Wildman–Crippen MR) is 91.1 cm³/mol. The molecular formula is C17H32N2O5. The summed E-state index contributed by atoms with van der Waals surface area (Å²) < 4.78 is 4.70. The quantitative estimate of drug-likeness (QED) is 0.485. The van der Waals surface area contributed by atoms with Crippen molar-refractivity contribution in [1.29, 1.82) is 0 Å². The molecule has 0 aliphatic rings. The zero-order valence-corrected chi connectivity index (χ0v) is 15.4. The van der Waals surface area contributed by atoms with Crippen molar-refractivity contribution >= 4 is 17.8 Å². The van der Waals surface area contributed by atoms with E-state index in [4.69, 9.17) is 4.74 Å². The standard InChI is InChI=1S/C17H32N2O5/c1-6-24-15(21)10-14(20)17(23)19-13(9-12(4)5)16(22)18-8-7-11(2)3/h11-14,20H,6-10H2,1-5H3,(H,18,22)(H,19,23)/t13-,14-/m0/s1. The Hall–Kier alpha value is -1.63. The van der Waals surface area contributed by atoms with Crippen molar-refractivity contribution in [1.82, 2.24) is 10.6 Å². The maximum absolute atomic E-state index is 12.2. The molecule has 0 radical (unpaired) electrons. The van der Waals surface area contributed by atoms with Gasteiger partial charge in [0.25, 0.3) is 0 Å². The summed E-state index contributed by atoms with van der Waals surface area (Å²) in [7, 11) is 0. The van der Waals surface area contributed by atoms with Crippen LogP contribution in [-0.2, 0) is 19.1 Å². The molecule has 7 heteroatoms. The lowest BCUT2D eigenvalue weighted by atomic mass is 10.0. The van der Waals surface area contributed by atoms with Crippen molar-refractivity contribution in [2.45, 2.75) is 66.0 Å². The average molecular weight is 344 g/mol. The highest BCUT2D eigenvalue weighted by Gasteiger charge is 2.26. The summed E-state index contributed by atoms with van der Waals surface area (Å²) in [5, 5.41) is 15.1. The maximum atomic E-state index is 12.2. The Kier molecular flexibility index (Phi) is 11.0. The van der Waals surface area contributed by atoms with E-state index >= 15 is 0 Å². The summed E-state index contributed by atoms with van der Waals surface area (Å²) in [6.07, 6.45) is -0.657. The third-order valence-electron chi connectivity index (χ3n) is 3.33. The zero-order valence-electron chi connectivity index (χ0n) is 15.4. The Bertz CT molecular complexity index is 410. The van der Waals surface area contributed by atoms with E-state index in [1.165, 1.54) is 0 Å². The van der Waals surface area contributed by atoms with E-state index in [0.717, 1.165) is 6.42 Å². The second-order valence-corrected chi connectivity index (χ2v) is 6.69. The largest absolute Gasteiger partial charge is 0.466 e. The second kappa shape index (κ2) is 11.8. The average Bonchev–Trinajstić information content (AvgIpc) is 2.45. The molecule has 0 aliphatic carbocycles. The van der Waals surface area contributed by atoms with Gasteiger partial charge in [0.15, 0.2) is 0 Å². The van der Waals surface area contributed by atoms with Gasteiger partial charge in [0.2, 0.25) is 11.8 Å². The van der Waals surface area contributed by atoms with Crippen LogP contribution in [0, 0.1) is 11.8 Å². The van der Waals surface area contributed by atoms with Gasteiger partial charge < -0.3 is 20.5 Å². The smallest absolute Gasteiger partial charge is 0.308 e. The van der Waals surface area contributed by atoms with E-state index in [-0.39, 0.29) is 18.4 Å². The second-order valence-electron chi connectivity index (χ2n) is 6.69. The van der Waals surface area contributed by atoms with Gasteiger partial charge in [-0.3, -0.25) is 14.4 Å². The number of amides is 2. The van der Waals surface area contributed by atoms with Crippen LogP contribution in [0.2, 0.25) is 0 Å². The van der Waals surface area contributed by atoms with Gasteiger partial charge in [-0.2, -0.15) is 0 Å². The minimum Gasteiger partial charge on any atom is -0.466 e. The van der Waals surface area contributed by atoms with E-state index in [0.29, 0.717) is 18.9 Å². The number of hydrogen-bond donors (Lipinski definition) is 3. The van der Waals surface area contributed by atoms with Crippen LogP contribution in [-0.4, -0.2) is 48.2 Å². The number of rotatable bonds is 11. The van der Waals surface area contributed by atoms with Crippen LogP contribution < -0.4 is 10.6 Å². The highest BCUT2D eigenvalue weighted by atomic mass is 16.5. The summed E-state index contributed by atoms with van der Waals surface area (Å²) in [6, 6.07) is -0.735. The molecule has 0 aromatic rings. The molecule has 0 rings (SSSR count). The number of ether oxygens (including phenoxy) is 1. The Morgan fingerprint density at radius 3 is 2.17 bits per heavy atom. The van der Waals surface area contributed by atoms with E-state index in [2.05, 4.69) is 24.5 Å². The molecule has 3 N–H and O–H groups in total. The lowest BCUT2D eigenvalue weighted by molar-refractivity contribution is -0.149. The van der Waals surface area contributed by atoms with Crippen LogP contribution in [0.4, 0.5) is 0 Å². The molecule has 0 fully saturated rings. The normalized spacial score (nSPS) is 13.5. The van der Waals surface area contributed by atoms with Crippen molar-refractivity contribution in [3.8, 4) is 0 Å². The molecule has 7 nitrogen and oxygen atoms in total. The Labute approximate surface area is 144 Å². The number of aliphatic hydroxyl groups is 1. The highest BCUT2D eigenvalue weighted by molar-refractivity contribution is 5.91. The van der Waals surface area contributed by atoms with Crippen LogP contribution in [0.3, 0.4) is 0 Å². The number of carbonyl (C=O) groups is 3. The summed E-state index contributed by atoms with van der Waals surface area (Å²) >= 11 is 0. The van der Waals surface area contributed by atoms with Gasteiger partial charge >= 0.3 is 5.97 Å². The first-order valence-electron chi connectivity index (χ1n) is 8.59. The molecule has 2 atom stereocenters. The number of hydrogen-bond acceptors (Lipinski definition) is 5. The Balaban J connectivity index is 4.61. The van der Waals surface area contributed by atoms with Gasteiger partial charge in [-0.05, 0) is 31.6 Å². The van der Waals surface area contributed by atoms with Gasteiger partial charge in [0.1, 0.15) is 12.1 Å². The van der Waals surface area contributed by atoms with Crippen LogP contribution in [0.1, 0.15) is 53.9 Å². The molecule has 24 heavy (non-hydrogen) atoms. The Morgan fingerprint density at radius 1 is 1.04 bits per heavy atom. The number of esters is 1. The molecule has 0 bridgehead atoms. The fourth-order valence-corrected chi connectivity index (χ4v) is 2.05. The van der Waals surface area contributed by atoms with Gasteiger partial charge in [0, 0.05) is 6.54 Å². The zero-order chi connectivity index (χ0) is 18.7. The third kappa shape index (κ3) is 10.2. The maximum Gasteiger partial charge on any atom is 0.308 e. The van der Waals surface area contributed by atoms with Crippen LogP contribution in [0.15, 0.2) is 0 Å². The van der Waals surface area contributed by atoms with Crippen molar-refractivity contribution in [3.05, 3.63) is 0 Å². The molecule has 0 aliphatic heterocycles. The molecule has 2 amide bonds. The first kappa shape index (κ1) is 22.4. The van der Waals surface area contributed by atoms with Gasteiger partial charge in [-0.15, -0.1) is 0 Å². The van der Waals surface area contributed by atoms with Crippen LogP contribution in [0.25, 0.3) is 0 Å². The van der Waals surface area contributed by atoms with Crippen molar-refractivity contribution < 1.29 is 24.2 Å². The monoisotopic (exact) mass is 344 g/mol. The minimum absolute atomic E-state index is 0.182. The van der Waals surface area contributed by atoms with E-state index in [1.807, 2.05) is 13.8 Å². The lowest BCUT2D eigenvalue weighted by Crippen LogP contribution is -2.50. The lowest BCUT2D eigenvalue weighted by Gasteiger charge is -2.22. The first-order valence-corrected chi connectivity index (χ1v) is 8.59. The molecule has 0 unspecified atom stereocenters. The molecule has 0 heterocycles. The first-order chi connectivity index (χ1) is 11.2. The van der Waals surface area contributed by atoms with Gasteiger partial charge in [-0.25, -0.2) is 0 Å². The van der Waals surface area contributed by atoms with Crippen LogP contribution >= 0.6 is 0 Å². The van der Waals surface area contributed by atoms with Crippen LogP contribution in [0.5, 0.6) is 0 Å². The highest BCUT2D eigenvalue weighted by Crippen LogP contribution is 2.07. The molecule has 140 valence electrons. The molecule has 0 aromatic heterocycles. The molecular weight excluding hydrogens is 312 g/mol. The Morgan fingerprint density at radius 2 is 1.67 bits per heavy atom. The SMILES string of the molecule is CCOC(=O)C[C@H](O)C(=O)N[C@@H](CC(C)C)C(=O)NCCC(C)C. The number of nitrogens with one attached hydrogen (secondary N) is 2. The minimum atomic E-state index is -1.53. The topological polar surface area (TPSA) is 105 Å². The molecule has 0 aromatic carbocycles. The van der Waals surface area contributed by atoms with E-state index < -0.39 is 30.4 Å². The summed E-state index contributed by atoms with van der Waals surface area (Å²) in [4.78, 5) is 35.6. The van der Waals surface area contributed by atoms with Crippen molar-refractivity contribution in [2.75, 3.05) is 13.2 Å². The van der Waals surface area contributed by atoms with E-state index in [1.54, 1.807) is 6.92 Å². The van der Waals surface area contributed by atoms with Gasteiger partial charge in [-0.1, -0.05) is 27.7 Å². The van der Waals surface area contributed by atoms with Crippen molar-refractivity contribution in [3.63, 3.8) is 0 Å². The summed E-state index contributed by atoms with van der Waals surface area (Å²) in [6.45, 7) is 10.4. The van der Waals surface area contributed by atoms with Crippen molar-refractivity contribution in [2.24, 2.45) is 11.8 Å². The third-order valence-corrected chi connectivity index (χ3v) is 3.33. The van der Waals surface area contributed by atoms with E-state index in [9.17, 15) is 19.5 Å². The summed E-state index contributed by atoms with van der Waals surface area (Å²) in [5.41, 5.74) is 0. The molecule has 0 saturated heterocycles. The number of aliphatic hydroxyl groups excluding tert-OH is 1. The molecule has 0 saturated carbocycles. The molecule has 0 spiro atoms. The summed E-state index contributed by atoms with van der Waals surface area (Å²) in [5.74, 6) is -1.01. The predicted octanol–water partition coefficient (Wildman–Crippen LogP) is 0.994. The fraction of sp³-hybridized carbons (Fsp3) is 0.824. The number of carbonyl (C=O) groups excluding carboxylic acids is 3. The van der Waals surface area contributed by atoms with Gasteiger partial charge in [0.05, 0.1) is 13.0 Å². The fourth-order valence-electron chi connectivity index (χ4n) is 2.05.